The Morgan fingerprint density at radius 2 is 1.72 bits per heavy atom. The van der Waals surface area contributed by atoms with Gasteiger partial charge in [0.25, 0.3) is 11.8 Å². The number of ether oxygens (including phenoxy) is 1. The number of hydrogen-bond acceptors (Lipinski definition) is 5. The van der Waals surface area contributed by atoms with E-state index in [9.17, 15) is 9.59 Å². The standard InChI is InChI=1S/C24H30ClN3O4/c1-16-20(17(2)32-26-16)21(29)27-12-9-24(10-13-27)11-14-28(15-24)22(30)23(3,4)31-19-8-6-5-7-18(19)25/h5-8H,9-15H2,1-4H3. The molecule has 2 aliphatic heterocycles. The summed E-state index contributed by atoms with van der Waals surface area (Å²) in [5, 5.41) is 4.39. The number of piperidine rings is 1. The molecule has 1 aromatic heterocycles. The van der Waals surface area contributed by atoms with E-state index in [1.54, 1.807) is 39.8 Å². The molecule has 32 heavy (non-hydrogen) atoms. The van der Waals surface area contributed by atoms with Gasteiger partial charge in [0.2, 0.25) is 0 Å². The van der Waals surface area contributed by atoms with E-state index in [2.05, 4.69) is 5.16 Å². The number of likely N-dealkylation sites (tertiary alicyclic amines) is 2. The fourth-order valence-corrected chi connectivity index (χ4v) is 5.05. The van der Waals surface area contributed by atoms with Gasteiger partial charge in [0.15, 0.2) is 5.60 Å². The molecule has 8 heteroatoms. The van der Waals surface area contributed by atoms with Gasteiger partial charge < -0.3 is 19.1 Å². The molecular weight excluding hydrogens is 430 g/mol. The minimum absolute atomic E-state index is 0.0173. The van der Waals surface area contributed by atoms with Crippen molar-refractivity contribution in [2.45, 2.75) is 52.6 Å². The van der Waals surface area contributed by atoms with Crippen molar-refractivity contribution >= 4 is 23.4 Å². The van der Waals surface area contributed by atoms with Crippen LogP contribution in [0.2, 0.25) is 5.02 Å². The number of rotatable bonds is 4. The van der Waals surface area contributed by atoms with Crippen molar-refractivity contribution in [3.8, 4) is 5.75 Å². The summed E-state index contributed by atoms with van der Waals surface area (Å²) in [4.78, 5) is 30.0. The zero-order valence-electron chi connectivity index (χ0n) is 19.1. The molecule has 0 N–H and O–H groups in total. The molecule has 2 fully saturated rings. The van der Waals surface area contributed by atoms with E-state index < -0.39 is 5.60 Å². The minimum Gasteiger partial charge on any atom is -0.476 e. The van der Waals surface area contributed by atoms with Crippen LogP contribution in [0, 0.1) is 19.3 Å². The third kappa shape index (κ3) is 4.22. The Labute approximate surface area is 193 Å². The fraction of sp³-hybridized carbons (Fsp3) is 0.542. The number of para-hydroxylation sites is 1. The van der Waals surface area contributed by atoms with Crippen LogP contribution in [0.4, 0.5) is 0 Å². The number of carbonyl (C=O) groups excluding carboxylic acids is 2. The van der Waals surface area contributed by atoms with Crippen molar-refractivity contribution in [3.63, 3.8) is 0 Å². The highest BCUT2D eigenvalue weighted by molar-refractivity contribution is 6.32. The Kier molecular flexibility index (Phi) is 5.96. The SMILES string of the molecule is Cc1noc(C)c1C(=O)N1CCC2(CC1)CCN(C(=O)C(C)(C)Oc1ccccc1Cl)C2. The molecule has 7 nitrogen and oxygen atoms in total. The molecule has 0 saturated carbocycles. The highest BCUT2D eigenvalue weighted by Crippen LogP contribution is 2.41. The lowest BCUT2D eigenvalue weighted by molar-refractivity contribution is -0.144. The van der Waals surface area contributed by atoms with Crippen LogP contribution in [0.25, 0.3) is 0 Å². The number of aryl methyl sites for hydroxylation is 2. The van der Waals surface area contributed by atoms with Gasteiger partial charge >= 0.3 is 0 Å². The zero-order chi connectivity index (χ0) is 23.1. The molecule has 4 rings (SSSR count). The van der Waals surface area contributed by atoms with Gasteiger partial charge in [0, 0.05) is 26.2 Å². The van der Waals surface area contributed by atoms with E-state index in [1.807, 2.05) is 21.9 Å². The maximum absolute atomic E-state index is 13.3. The molecular formula is C24H30ClN3O4. The second-order valence-electron chi connectivity index (χ2n) is 9.51. The van der Waals surface area contributed by atoms with Crippen molar-refractivity contribution in [1.29, 1.82) is 0 Å². The van der Waals surface area contributed by atoms with Crippen LogP contribution in [0.1, 0.15) is 54.9 Å². The molecule has 0 radical (unpaired) electrons. The fourth-order valence-electron chi connectivity index (χ4n) is 4.87. The van der Waals surface area contributed by atoms with Crippen LogP contribution in [-0.4, -0.2) is 58.6 Å². The summed E-state index contributed by atoms with van der Waals surface area (Å²) in [6.45, 7) is 9.87. The van der Waals surface area contributed by atoms with E-state index in [-0.39, 0.29) is 17.2 Å². The lowest BCUT2D eigenvalue weighted by Gasteiger charge is -2.39. The Balaban J connectivity index is 1.38. The van der Waals surface area contributed by atoms with Crippen LogP contribution in [0.5, 0.6) is 5.75 Å². The van der Waals surface area contributed by atoms with Crippen LogP contribution in [-0.2, 0) is 4.79 Å². The number of hydrogen-bond donors (Lipinski definition) is 0. The summed E-state index contributed by atoms with van der Waals surface area (Å²) < 4.78 is 11.2. The molecule has 2 aromatic rings. The lowest BCUT2D eigenvalue weighted by Crippen LogP contribution is -2.50. The molecule has 3 heterocycles. The monoisotopic (exact) mass is 459 g/mol. The first-order valence-electron chi connectivity index (χ1n) is 11.1. The molecule has 0 atom stereocenters. The summed E-state index contributed by atoms with van der Waals surface area (Å²) >= 11 is 6.22. The first-order valence-corrected chi connectivity index (χ1v) is 11.4. The van der Waals surface area contributed by atoms with Crippen molar-refractivity contribution < 1.29 is 18.8 Å². The highest BCUT2D eigenvalue weighted by Gasteiger charge is 2.46. The van der Waals surface area contributed by atoms with Gasteiger partial charge in [-0.25, -0.2) is 0 Å². The molecule has 2 amide bonds. The molecule has 1 aromatic carbocycles. The largest absolute Gasteiger partial charge is 0.476 e. The zero-order valence-corrected chi connectivity index (χ0v) is 19.9. The average Bonchev–Trinajstić information content (AvgIpc) is 3.32. The van der Waals surface area contributed by atoms with E-state index in [1.165, 1.54) is 0 Å². The number of carbonyl (C=O) groups is 2. The van der Waals surface area contributed by atoms with E-state index >= 15 is 0 Å². The van der Waals surface area contributed by atoms with Gasteiger partial charge in [0.1, 0.15) is 17.1 Å². The predicted molar refractivity (Wildman–Crippen MR) is 121 cm³/mol. The molecule has 172 valence electrons. The summed E-state index contributed by atoms with van der Waals surface area (Å²) in [5.74, 6) is 1.01. The normalized spacial score (nSPS) is 18.3. The number of aromatic nitrogens is 1. The van der Waals surface area contributed by atoms with Crippen LogP contribution in [0.3, 0.4) is 0 Å². The Morgan fingerprint density at radius 1 is 1.09 bits per heavy atom. The lowest BCUT2D eigenvalue weighted by atomic mass is 9.77. The number of halogens is 1. The molecule has 0 unspecified atom stereocenters. The average molecular weight is 460 g/mol. The number of benzene rings is 1. The van der Waals surface area contributed by atoms with Crippen LogP contribution in [0.15, 0.2) is 28.8 Å². The minimum atomic E-state index is -1.02. The highest BCUT2D eigenvalue weighted by atomic mass is 35.5. The topological polar surface area (TPSA) is 75.9 Å². The molecule has 1 spiro atoms. The first kappa shape index (κ1) is 22.6. The van der Waals surface area contributed by atoms with Gasteiger partial charge in [-0.15, -0.1) is 0 Å². The van der Waals surface area contributed by atoms with Crippen molar-refractivity contribution in [2.75, 3.05) is 26.2 Å². The molecule has 2 aliphatic rings. The third-order valence-electron chi connectivity index (χ3n) is 6.80. The summed E-state index contributed by atoms with van der Waals surface area (Å²) in [7, 11) is 0. The van der Waals surface area contributed by atoms with E-state index in [0.29, 0.717) is 54.0 Å². The number of amides is 2. The summed E-state index contributed by atoms with van der Waals surface area (Å²) in [6, 6.07) is 7.19. The quantitative estimate of drug-likeness (QED) is 0.682. The predicted octanol–water partition coefficient (Wildman–Crippen LogP) is 4.26. The first-order chi connectivity index (χ1) is 15.1. The number of nitrogens with zero attached hydrogens (tertiary/aromatic N) is 3. The van der Waals surface area contributed by atoms with Crippen LogP contribution >= 0.6 is 11.6 Å². The van der Waals surface area contributed by atoms with Gasteiger partial charge in [-0.3, -0.25) is 9.59 Å². The van der Waals surface area contributed by atoms with Crippen molar-refractivity contribution in [2.24, 2.45) is 5.41 Å². The van der Waals surface area contributed by atoms with Gasteiger partial charge in [0.05, 0.1) is 10.7 Å². The van der Waals surface area contributed by atoms with Crippen molar-refractivity contribution in [3.05, 3.63) is 46.3 Å². The molecule has 2 saturated heterocycles. The van der Waals surface area contributed by atoms with Gasteiger partial charge in [-0.2, -0.15) is 0 Å². The second kappa shape index (κ2) is 8.43. The Hall–Kier alpha value is -2.54. The smallest absolute Gasteiger partial charge is 0.266 e. The van der Waals surface area contributed by atoms with E-state index in [0.717, 1.165) is 19.3 Å². The maximum Gasteiger partial charge on any atom is 0.266 e. The Morgan fingerprint density at radius 3 is 2.31 bits per heavy atom. The maximum atomic E-state index is 13.3. The van der Waals surface area contributed by atoms with Crippen LogP contribution < -0.4 is 4.74 Å². The molecule has 0 aliphatic carbocycles. The van der Waals surface area contributed by atoms with Gasteiger partial charge in [-0.1, -0.05) is 28.9 Å². The second-order valence-corrected chi connectivity index (χ2v) is 9.92. The molecule has 0 bridgehead atoms. The van der Waals surface area contributed by atoms with Crippen molar-refractivity contribution in [1.82, 2.24) is 15.0 Å². The van der Waals surface area contributed by atoms with E-state index in [4.69, 9.17) is 20.9 Å². The summed E-state index contributed by atoms with van der Waals surface area (Å²) in [5.41, 5.74) is 0.233. The van der Waals surface area contributed by atoms with Gasteiger partial charge in [-0.05, 0) is 64.5 Å². The Bertz CT molecular complexity index is 1000. The summed E-state index contributed by atoms with van der Waals surface area (Å²) in [6.07, 6.45) is 2.68. The third-order valence-corrected chi connectivity index (χ3v) is 7.11.